The van der Waals surface area contributed by atoms with Crippen molar-refractivity contribution in [3.8, 4) is 16.9 Å². The van der Waals surface area contributed by atoms with Gasteiger partial charge in [0.2, 0.25) is 0 Å². The molecule has 1 aliphatic heterocycles. The van der Waals surface area contributed by atoms with Crippen LogP contribution in [0, 0.1) is 12.8 Å². The highest BCUT2D eigenvalue weighted by Gasteiger charge is 2.21. The molecule has 3 aromatic carbocycles. The SMILES string of the molecule is Cc1ccc(-c2ccc3c(c2)C=C(C(=O)Nc2ccc(C(=S=O)C4CCCCC4)cc2)CCO3)cc1. The molecule has 0 bridgehead atoms. The molecule has 184 valence electrons. The molecule has 1 N–H and O–H groups in total. The number of nitrogens with one attached hydrogen (secondary N) is 1. The van der Waals surface area contributed by atoms with Crippen LogP contribution in [0.2, 0.25) is 0 Å². The van der Waals surface area contributed by atoms with E-state index in [1.54, 1.807) is 0 Å². The van der Waals surface area contributed by atoms with Crippen molar-refractivity contribution in [3.63, 3.8) is 0 Å². The lowest BCUT2D eigenvalue weighted by Gasteiger charge is -2.22. The van der Waals surface area contributed by atoms with Crippen LogP contribution < -0.4 is 10.1 Å². The molecule has 1 fully saturated rings. The van der Waals surface area contributed by atoms with Crippen LogP contribution in [0.3, 0.4) is 0 Å². The van der Waals surface area contributed by atoms with Crippen LogP contribution in [0.1, 0.15) is 55.2 Å². The second kappa shape index (κ2) is 11.1. The van der Waals surface area contributed by atoms with E-state index >= 15 is 0 Å². The quantitative estimate of drug-likeness (QED) is 0.312. The third-order valence-corrected chi connectivity index (χ3v) is 7.89. The Morgan fingerprint density at radius 2 is 1.64 bits per heavy atom. The van der Waals surface area contributed by atoms with E-state index in [4.69, 9.17) is 4.74 Å². The lowest BCUT2D eigenvalue weighted by molar-refractivity contribution is -0.113. The number of fused-ring (bicyclic) bond motifs is 1. The molecular formula is C31H31NO3S. The fraction of sp³-hybridized carbons (Fsp3) is 0.290. The first kappa shape index (κ1) is 24.3. The Morgan fingerprint density at radius 1 is 0.917 bits per heavy atom. The summed E-state index contributed by atoms with van der Waals surface area (Å²) in [5.74, 6) is 1.02. The summed E-state index contributed by atoms with van der Waals surface area (Å²) in [4.78, 5) is 14.1. The minimum absolute atomic E-state index is 0.130. The molecule has 0 aromatic heterocycles. The van der Waals surface area contributed by atoms with Gasteiger partial charge in [0.05, 0.1) is 22.7 Å². The summed E-state index contributed by atoms with van der Waals surface area (Å²) in [5, 5.41) is 3.03. The van der Waals surface area contributed by atoms with Crippen molar-refractivity contribution in [2.75, 3.05) is 11.9 Å². The third kappa shape index (κ3) is 5.52. The van der Waals surface area contributed by atoms with E-state index in [1.807, 2.05) is 36.4 Å². The number of benzene rings is 3. The fourth-order valence-electron chi connectivity index (χ4n) is 5.07. The maximum absolute atomic E-state index is 13.2. The van der Waals surface area contributed by atoms with E-state index < -0.39 is 0 Å². The van der Waals surface area contributed by atoms with Crippen LogP contribution in [0.25, 0.3) is 17.2 Å². The average Bonchev–Trinajstić information content (AvgIpc) is 3.13. The normalized spacial score (nSPS) is 15.6. The molecule has 0 saturated heterocycles. The lowest BCUT2D eigenvalue weighted by atomic mass is 9.84. The summed E-state index contributed by atoms with van der Waals surface area (Å²) in [6, 6.07) is 22.2. The van der Waals surface area contributed by atoms with Gasteiger partial charge in [-0.25, -0.2) is 4.21 Å². The number of carbonyl (C=O) groups is 1. The van der Waals surface area contributed by atoms with Gasteiger partial charge in [-0.05, 0) is 72.7 Å². The molecule has 0 atom stereocenters. The minimum Gasteiger partial charge on any atom is -0.493 e. The zero-order valence-corrected chi connectivity index (χ0v) is 21.4. The predicted molar refractivity (Wildman–Crippen MR) is 149 cm³/mol. The van der Waals surface area contributed by atoms with Gasteiger partial charge < -0.3 is 10.1 Å². The second-order valence-corrected chi connectivity index (χ2v) is 10.3. The first-order valence-electron chi connectivity index (χ1n) is 12.7. The minimum atomic E-state index is -0.130. The largest absolute Gasteiger partial charge is 0.493 e. The number of anilines is 1. The summed E-state index contributed by atoms with van der Waals surface area (Å²) in [7, 11) is 0. The van der Waals surface area contributed by atoms with Crippen LogP contribution in [0.4, 0.5) is 5.69 Å². The molecule has 3 aromatic rings. The van der Waals surface area contributed by atoms with Crippen LogP contribution in [0.15, 0.2) is 72.3 Å². The molecule has 36 heavy (non-hydrogen) atoms. The van der Waals surface area contributed by atoms with Crippen molar-refractivity contribution in [2.24, 2.45) is 5.92 Å². The summed E-state index contributed by atoms with van der Waals surface area (Å²) >= 11 is 0.624. The molecular weight excluding hydrogens is 466 g/mol. The van der Waals surface area contributed by atoms with Gasteiger partial charge in [-0.1, -0.05) is 67.3 Å². The molecule has 0 radical (unpaired) electrons. The zero-order chi connectivity index (χ0) is 24.9. The Kier molecular flexibility index (Phi) is 7.47. The van der Waals surface area contributed by atoms with Gasteiger partial charge in [-0.3, -0.25) is 4.79 Å². The van der Waals surface area contributed by atoms with Crippen LogP contribution >= 0.6 is 0 Å². The van der Waals surface area contributed by atoms with Gasteiger partial charge in [0.15, 0.2) is 0 Å². The first-order chi connectivity index (χ1) is 17.6. The topological polar surface area (TPSA) is 55.4 Å². The highest BCUT2D eigenvalue weighted by Crippen LogP contribution is 2.32. The number of aryl methyl sites for hydroxylation is 1. The summed E-state index contributed by atoms with van der Waals surface area (Å²) in [5.41, 5.74) is 6.73. The number of carbonyl (C=O) groups excluding carboxylic acids is 1. The van der Waals surface area contributed by atoms with E-state index in [1.165, 1.54) is 24.8 Å². The third-order valence-electron chi connectivity index (χ3n) is 7.14. The first-order valence-corrected chi connectivity index (χ1v) is 13.5. The summed E-state index contributed by atoms with van der Waals surface area (Å²) < 4.78 is 17.8. The van der Waals surface area contributed by atoms with Crippen molar-refractivity contribution < 1.29 is 13.7 Å². The molecule has 2 aliphatic rings. The standard InChI is InChI=1S/C31H31NO3S/c1-21-7-9-22(10-8-21)25-13-16-29-27(19-25)20-26(17-18-35-29)31(33)32-28-14-11-24(12-15-28)30(36-34)23-5-3-2-4-6-23/h7-16,19-20,23H,2-6,17-18H2,1H3,(H,32,33). The Labute approximate surface area is 216 Å². The van der Waals surface area contributed by atoms with Gasteiger partial charge in [-0.15, -0.1) is 0 Å². The number of hydrogen-bond donors (Lipinski definition) is 1. The van der Waals surface area contributed by atoms with E-state index in [0.717, 1.165) is 51.4 Å². The average molecular weight is 498 g/mol. The van der Waals surface area contributed by atoms with Crippen LogP contribution in [-0.4, -0.2) is 21.6 Å². The molecule has 5 rings (SSSR count). The van der Waals surface area contributed by atoms with E-state index in [9.17, 15) is 9.00 Å². The van der Waals surface area contributed by atoms with Crippen LogP contribution in [-0.2, 0) is 16.1 Å². The monoisotopic (exact) mass is 497 g/mol. The Bertz CT molecular complexity index is 1330. The van der Waals surface area contributed by atoms with Crippen molar-refractivity contribution in [2.45, 2.75) is 45.4 Å². The zero-order valence-electron chi connectivity index (χ0n) is 20.6. The highest BCUT2D eigenvalue weighted by atomic mass is 32.1. The smallest absolute Gasteiger partial charge is 0.251 e. The molecule has 1 saturated carbocycles. The maximum Gasteiger partial charge on any atom is 0.251 e. The van der Waals surface area contributed by atoms with Gasteiger partial charge in [0, 0.05) is 23.2 Å². The van der Waals surface area contributed by atoms with Crippen molar-refractivity contribution in [3.05, 3.63) is 89.0 Å². The highest BCUT2D eigenvalue weighted by molar-refractivity contribution is 7.67. The van der Waals surface area contributed by atoms with Crippen molar-refractivity contribution in [1.82, 2.24) is 0 Å². The molecule has 0 spiro atoms. The fourth-order valence-corrected chi connectivity index (χ4v) is 5.68. The van der Waals surface area contributed by atoms with Crippen molar-refractivity contribution in [1.29, 1.82) is 0 Å². The lowest BCUT2D eigenvalue weighted by Crippen LogP contribution is -2.19. The number of hydrogen-bond acceptors (Lipinski definition) is 3. The Hall–Kier alpha value is -3.44. The number of amides is 1. The molecule has 1 heterocycles. The molecule has 4 nitrogen and oxygen atoms in total. The Morgan fingerprint density at radius 3 is 2.36 bits per heavy atom. The summed E-state index contributed by atoms with van der Waals surface area (Å²) in [6.45, 7) is 2.53. The van der Waals surface area contributed by atoms with E-state index in [2.05, 4.69) is 48.6 Å². The number of ether oxygens (including phenoxy) is 1. The van der Waals surface area contributed by atoms with Crippen LogP contribution in [0.5, 0.6) is 5.75 Å². The predicted octanol–water partition coefficient (Wildman–Crippen LogP) is 6.78. The maximum atomic E-state index is 13.2. The van der Waals surface area contributed by atoms with Gasteiger partial charge in [-0.2, -0.15) is 0 Å². The van der Waals surface area contributed by atoms with Gasteiger partial charge >= 0.3 is 0 Å². The number of rotatable bonds is 5. The molecule has 1 amide bonds. The van der Waals surface area contributed by atoms with Crippen molar-refractivity contribution >= 4 is 33.8 Å². The van der Waals surface area contributed by atoms with E-state index in [-0.39, 0.29) is 5.91 Å². The molecule has 1 aliphatic carbocycles. The second-order valence-electron chi connectivity index (χ2n) is 9.70. The Balaban J connectivity index is 1.32. The molecule has 0 unspecified atom stereocenters. The van der Waals surface area contributed by atoms with Gasteiger partial charge in [0.25, 0.3) is 5.91 Å². The summed E-state index contributed by atoms with van der Waals surface area (Å²) in [6.07, 6.45) is 8.29. The molecule has 5 heteroatoms. The van der Waals surface area contributed by atoms with Gasteiger partial charge in [0.1, 0.15) is 5.75 Å². The van der Waals surface area contributed by atoms with E-state index in [0.29, 0.717) is 35.8 Å².